The number of hydrogen-bond acceptors (Lipinski definition) is 2. The molecule has 0 saturated carbocycles. The highest BCUT2D eigenvalue weighted by atomic mass is 35.5. The number of rotatable bonds is 5. The van der Waals surface area contributed by atoms with Crippen molar-refractivity contribution in [1.29, 1.82) is 0 Å². The Hall–Kier alpha value is -2.27. The van der Waals surface area contributed by atoms with Gasteiger partial charge in [-0.1, -0.05) is 54.1 Å². The smallest absolute Gasteiger partial charge is 0.129 e. The highest BCUT2D eigenvalue weighted by Crippen LogP contribution is 2.33. The summed E-state index contributed by atoms with van der Waals surface area (Å²) in [6.45, 7) is 3.03. The van der Waals surface area contributed by atoms with E-state index in [0.29, 0.717) is 23.7 Å². The van der Waals surface area contributed by atoms with Gasteiger partial charge in [-0.05, 0) is 47.9 Å². The fourth-order valence-corrected chi connectivity index (χ4v) is 4.27. The number of hydrogen-bond donors (Lipinski definition) is 0. The minimum Gasteiger partial charge on any atom is -0.280 e. The predicted octanol–water partition coefficient (Wildman–Crippen LogP) is 6.02. The van der Waals surface area contributed by atoms with Gasteiger partial charge in [-0.15, -0.1) is 0 Å². The minimum atomic E-state index is -0.249. The van der Waals surface area contributed by atoms with Crippen molar-refractivity contribution in [3.8, 4) is 0 Å². The zero-order valence-electron chi connectivity index (χ0n) is 16.1. The van der Waals surface area contributed by atoms with Crippen LogP contribution < -0.4 is 0 Å². The second-order valence-electron chi connectivity index (χ2n) is 7.45. The van der Waals surface area contributed by atoms with Gasteiger partial charge < -0.3 is 0 Å². The SMILES string of the molecule is Fc1ccc(CN2CCCN(Cc3cccc(Cl)c3)[C@@H]2c2ccccc2F)cc1. The van der Waals surface area contributed by atoms with E-state index in [2.05, 4.69) is 9.80 Å². The maximum Gasteiger partial charge on any atom is 0.129 e. The third kappa shape index (κ3) is 4.84. The van der Waals surface area contributed by atoms with Crippen LogP contribution in [0.3, 0.4) is 0 Å². The van der Waals surface area contributed by atoms with Gasteiger partial charge >= 0.3 is 0 Å². The summed E-state index contributed by atoms with van der Waals surface area (Å²) in [6.07, 6.45) is 0.779. The maximum atomic E-state index is 14.8. The average Bonchev–Trinajstić information content (AvgIpc) is 2.71. The summed E-state index contributed by atoms with van der Waals surface area (Å²) < 4.78 is 28.1. The summed E-state index contributed by atoms with van der Waals surface area (Å²) in [5.41, 5.74) is 2.77. The first kappa shape index (κ1) is 20.0. The van der Waals surface area contributed by atoms with E-state index in [1.54, 1.807) is 18.2 Å². The van der Waals surface area contributed by atoms with Crippen LogP contribution in [0.1, 0.15) is 29.3 Å². The van der Waals surface area contributed by atoms with Crippen molar-refractivity contribution in [2.24, 2.45) is 0 Å². The molecule has 0 N–H and O–H groups in total. The summed E-state index contributed by atoms with van der Waals surface area (Å²) >= 11 is 6.17. The summed E-state index contributed by atoms with van der Waals surface area (Å²) in [7, 11) is 0. The molecule has 0 radical (unpaired) electrons. The summed E-state index contributed by atoms with van der Waals surface area (Å²) in [6, 6.07) is 21.3. The zero-order chi connectivity index (χ0) is 20.2. The highest BCUT2D eigenvalue weighted by Gasteiger charge is 2.32. The Balaban J connectivity index is 1.66. The fraction of sp³-hybridized carbons (Fsp3) is 0.250. The van der Waals surface area contributed by atoms with E-state index >= 15 is 0 Å². The van der Waals surface area contributed by atoms with Crippen LogP contribution in [0.5, 0.6) is 0 Å². The molecular formula is C24H23ClF2N2. The molecule has 0 unspecified atom stereocenters. The molecule has 1 atom stereocenters. The summed E-state index contributed by atoms with van der Waals surface area (Å²) in [5, 5.41) is 0.699. The Bertz CT molecular complexity index is 961. The van der Waals surface area contributed by atoms with Crippen molar-refractivity contribution in [2.45, 2.75) is 25.7 Å². The largest absolute Gasteiger partial charge is 0.280 e. The second kappa shape index (κ2) is 9.04. The van der Waals surface area contributed by atoms with Crippen LogP contribution in [0, 0.1) is 11.6 Å². The maximum absolute atomic E-state index is 14.8. The number of halogens is 3. The van der Waals surface area contributed by atoms with Crippen LogP contribution in [0.2, 0.25) is 5.02 Å². The molecule has 4 rings (SSSR count). The lowest BCUT2D eigenvalue weighted by molar-refractivity contribution is -0.0111. The Morgan fingerprint density at radius 1 is 0.793 bits per heavy atom. The molecule has 1 aliphatic heterocycles. The van der Waals surface area contributed by atoms with Crippen LogP contribution in [-0.2, 0) is 13.1 Å². The molecule has 1 fully saturated rings. The molecule has 1 saturated heterocycles. The molecule has 0 amide bonds. The number of nitrogens with zero attached hydrogens (tertiary/aromatic N) is 2. The third-order valence-corrected chi connectivity index (χ3v) is 5.57. The molecule has 3 aromatic carbocycles. The monoisotopic (exact) mass is 412 g/mol. The predicted molar refractivity (Wildman–Crippen MR) is 112 cm³/mol. The lowest BCUT2D eigenvalue weighted by atomic mass is 10.0. The molecule has 5 heteroatoms. The molecule has 3 aromatic rings. The van der Waals surface area contributed by atoms with E-state index in [9.17, 15) is 8.78 Å². The van der Waals surface area contributed by atoms with Crippen molar-refractivity contribution < 1.29 is 8.78 Å². The Kier molecular flexibility index (Phi) is 6.24. The van der Waals surface area contributed by atoms with Crippen LogP contribution >= 0.6 is 11.6 Å². The van der Waals surface area contributed by atoms with E-state index in [1.807, 2.05) is 36.4 Å². The molecule has 1 aliphatic rings. The quantitative estimate of drug-likeness (QED) is 0.505. The Morgan fingerprint density at radius 3 is 2.17 bits per heavy atom. The molecule has 1 heterocycles. The number of benzene rings is 3. The molecule has 2 nitrogen and oxygen atoms in total. The fourth-order valence-electron chi connectivity index (χ4n) is 4.06. The van der Waals surface area contributed by atoms with Gasteiger partial charge in [0.1, 0.15) is 11.6 Å². The molecular weight excluding hydrogens is 390 g/mol. The van der Waals surface area contributed by atoms with E-state index in [4.69, 9.17) is 11.6 Å². The van der Waals surface area contributed by atoms with Gasteiger partial charge in [-0.25, -0.2) is 8.78 Å². The summed E-state index contributed by atoms with van der Waals surface area (Å²) in [5.74, 6) is -0.458. The molecule has 0 spiro atoms. The molecule has 0 aromatic heterocycles. The normalized spacial score (nSPS) is 18.1. The highest BCUT2D eigenvalue weighted by molar-refractivity contribution is 6.30. The van der Waals surface area contributed by atoms with Crippen LogP contribution in [0.4, 0.5) is 8.78 Å². The van der Waals surface area contributed by atoms with E-state index < -0.39 is 0 Å². The third-order valence-electron chi connectivity index (χ3n) is 5.34. The molecule has 0 bridgehead atoms. The van der Waals surface area contributed by atoms with E-state index in [0.717, 1.165) is 30.6 Å². The minimum absolute atomic E-state index is 0.200. The second-order valence-corrected chi connectivity index (χ2v) is 7.88. The lowest BCUT2D eigenvalue weighted by Crippen LogP contribution is -2.47. The summed E-state index contributed by atoms with van der Waals surface area (Å²) in [4.78, 5) is 4.55. The molecule has 150 valence electrons. The first-order valence-corrected chi connectivity index (χ1v) is 10.2. The molecule has 29 heavy (non-hydrogen) atoms. The van der Waals surface area contributed by atoms with Crippen molar-refractivity contribution in [3.63, 3.8) is 0 Å². The van der Waals surface area contributed by atoms with E-state index in [-0.39, 0.29) is 17.8 Å². The van der Waals surface area contributed by atoms with Crippen molar-refractivity contribution in [2.75, 3.05) is 13.1 Å². The van der Waals surface area contributed by atoms with E-state index in [1.165, 1.54) is 18.2 Å². The van der Waals surface area contributed by atoms with Crippen LogP contribution in [0.25, 0.3) is 0 Å². The van der Waals surface area contributed by atoms with Gasteiger partial charge in [0.15, 0.2) is 0 Å². The van der Waals surface area contributed by atoms with Crippen LogP contribution in [-0.4, -0.2) is 22.9 Å². The van der Waals surface area contributed by atoms with Crippen LogP contribution in [0.15, 0.2) is 72.8 Å². The van der Waals surface area contributed by atoms with Gasteiger partial charge in [0, 0.05) is 36.8 Å². The average molecular weight is 413 g/mol. The zero-order valence-corrected chi connectivity index (χ0v) is 16.8. The lowest BCUT2D eigenvalue weighted by Gasteiger charge is -2.44. The van der Waals surface area contributed by atoms with Crippen molar-refractivity contribution in [1.82, 2.24) is 9.80 Å². The first-order valence-electron chi connectivity index (χ1n) is 9.81. The molecule has 0 aliphatic carbocycles. The van der Waals surface area contributed by atoms with Gasteiger partial charge in [0.05, 0.1) is 6.17 Å². The van der Waals surface area contributed by atoms with Gasteiger partial charge in [0.2, 0.25) is 0 Å². The standard InChI is InChI=1S/C24H23ClF2N2/c25-20-6-3-5-19(15-20)17-29-14-4-13-28(16-18-9-11-21(26)12-10-18)24(29)22-7-1-2-8-23(22)27/h1-3,5-12,15,24H,4,13-14,16-17H2/t24-/m1/s1. The Labute approximate surface area is 175 Å². The Morgan fingerprint density at radius 2 is 1.48 bits per heavy atom. The topological polar surface area (TPSA) is 6.48 Å². The van der Waals surface area contributed by atoms with Gasteiger partial charge in [-0.3, -0.25) is 9.80 Å². The van der Waals surface area contributed by atoms with Crippen molar-refractivity contribution >= 4 is 11.6 Å². The first-order chi connectivity index (χ1) is 14.1. The van der Waals surface area contributed by atoms with Gasteiger partial charge in [0.25, 0.3) is 0 Å². The van der Waals surface area contributed by atoms with Crippen molar-refractivity contribution in [3.05, 3.63) is 106 Å². The van der Waals surface area contributed by atoms with Gasteiger partial charge in [-0.2, -0.15) is 0 Å².